The number of amides is 2. The van der Waals surface area contributed by atoms with Crippen LogP contribution in [0.15, 0.2) is 66.7 Å². The number of methoxy groups -OCH3 is 1. The Labute approximate surface area is 176 Å². The van der Waals surface area contributed by atoms with E-state index in [1.807, 2.05) is 56.3 Å². The zero-order valence-electron chi connectivity index (χ0n) is 17.6. The molecule has 0 saturated carbocycles. The van der Waals surface area contributed by atoms with Crippen LogP contribution >= 0.6 is 0 Å². The number of hydrogen-bond donors (Lipinski definition) is 3. The highest BCUT2D eigenvalue weighted by Crippen LogP contribution is 2.22. The Morgan fingerprint density at radius 1 is 0.967 bits per heavy atom. The Bertz CT molecular complexity index is 1010. The van der Waals surface area contributed by atoms with Crippen molar-refractivity contribution in [1.29, 1.82) is 0 Å². The highest BCUT2D eigenvalue weighted by molar-refractivity contribution is 6.03. The van der Waals surface area contributed by atoms with Gasteiger partial charge < -0.3 is 20.3 Å². The van der Waals surface area contributed by atoms with Crippen molar-refractivity contribution in [3.63, 3.8) is 0 Å². The second-order valence-corrected chi connectivity index (χ2v) is 7.20. The average molecular weight is 407 g/mol. The van der Waals surface area contributed by atoms with Crippen molar-refractivity contribution >= 4 is 34.0 Å². The Balaban J connectivity index is 1.63. The lowest BCUT2D eigenvalue weighted by molar-refractivity contribution is -0.904. The summed E-state index contributed by atoms with van der Waals surface area (Å²) in [4.78, 5) is 26.3. The first kappa shape index (κ1) is 21.3. The molecule has 0 fully saturated rings. The number of carbonyl (C=O) groups is 2. The van der Waals surface area contributed by atoms with Gasteiger partial charge in [-0.2, -0.15) is 0 Å². The van der Waals surface area contributed by atoms with Crippen molar-refractivity contribution in [2.75, 3.05) is 30.8 Å². The SMILES string of the molecule is CC[NH+](CC(=O)Nc1ccc(OC)cc1)[C@@H](C)C(=O)Nc1cccc2ccccc12. The van der Waals surface area contributed by atoms with Crippen LogP contribution in [0.1, 0.15) is 13.8 Å². The van der Waals surface area contributed by atoms with Crippen LogP contribution in [-0.4, -0.2) is 38.1 Å². The number of fused-ring (bicyclic) bond motifs is 1. The summed E-state index contributed by atoms with van der Waals surface area (Å²) in [7, 11) is 1.60. The maximum absolute atomic E-state index is 12.9. The second kappa shape index (κ2) is 9.89. The van der Waals surface area contributed by atoms with Gasteiger partial charge in [-0.25, -0.2) is 0 Å². The fraction of sp³-hybridized carbons (Fsp3) is 0.250. The summed E-state index contributed by atoms with van der Waals surface area (Å²) in [5.41, 5.74) is 1.48. The number of hydrogen-bond acceptors (Lipinski definition) is 3. The van der Waals surface area contributed by atoms with Crippen molar-refractivity contribution in [2.24, 2.45) is 0 Å². The molecule has 0 aliphatic rings. The monoisotopic (exact) mass is 406 g/mol. The van der Waals surface area contributed by atoms with Gasteiger partial charge in [0.2, 0.25) is 0 Å². The van der Waals surface area contributed by atoms with Gasteiger partial charge in [0.25, 0.3) is 11.8 Å². The van der Waals surface area contributed by atoms with Crippen LogP contribution in [0.3, 0.4) is 0 Å². The van der Waals surface area contributed by atoms with Gasteiger partial charge in [0.15, 0.2) is 12.6 Å². The molecule has 3 aromatic carbocycles. The fourth-order valence-corrected chi connectivity index (χ4v) is 3.43. The first-order valence-corrected chi connectivity index (χ1v) is 10.1. The number of carbonyl (C=O) groups excluding carboxylic acids is 2. The summed E-state index contributed by atoms with van der Waals surface area (Å²) in [5, 5.41) is 7.98. The van der Waals surface area contributed by atoms with Crippen LogP contribution in [0.4, 0.5) is 11.4 Å². The molecule has 0 aliphatic carbocycles. The van der Waals surface area contributed by atoms with Crippen molar-refractivity contribution in [2.45, 2.75) is 19.9 Å². The molecule has 0 aliphatic heterocycles. The molecule has 3 rings (SSSR count). The van der Waals surface area contributed by atoms with E-state index in [2.05, 4.69) is 10.6 Å². The summed E-state index contributed by atoms with van der Waals surface area (Å²) in [6, 6.07) is 20.6. The van der Waals surface area contributed by atoms with Gasteiger partial charge in [0.05, 0.1) is 13.7 Å². The smallest absolute Gasteiger partial charge is 0.282 e. The normalized spacial score (nSPS) is 12.8. The van der Waals surface area contributed by atoms with Gasteiger partial charge in [0.1, 0.15) is 5.75 Å². The molecule has 1 unspecified atom stereocenters. The summed E-state index contributed by atoms with van der Waals surface area (Å²) >= 11 is 0. The summed E-state index contributed by atoms with van der Waals surface area (Å²) in [6.45, 7) is 4.67. The lowest BCUT2D eigenvalue weighted by Gasteiger charge is -2.23. The molecule has 156 valence electrons. The third-order valence-electron chi connectivity index (χ3n) is 5.27. The second-order valence-electron chi connectivity index (χ2n) is 7.20. The molecule has 3 aromatic rings. The molecular formula is C24H28N3O3+. The van der Waals surface area contributed by atoms with Gasteiger partial charge in [-0.3, -0.25) is 9.59 Å². The number of benzene rings is 3. The fourth-order valence-electron chi connectivity index (χ4n) is 3.43. The molecule has 0 heterocycles. The Morgan fingerprint density at radius 3 is 2.37 bits per heavy atom. The molecule has 0 radical (unpaired) electrons. The lowest BCUT2D eigenvalue weighted by atomic mass is 10.1. The van der Waals surface area contributed by atoms with Gasteiger partial charge in [0, 0.05) is 16.8 Å². The maximum Gasteiger partial charge on any atom is 0.282 e. The van der Waals surface area contributed by atoms with Crippen LogP contribution in [0.2, 0.25) is 0 Å². The van der Waals surface area contributed by atoms with Crippen LogP contribution in [-0.2, 0) is 9.59 Å². The zero-order valence-corrected chi connectivity index (χ0v) is 17.6. The maximum atomic E-state index is 12.9. The zero-order chi connectivity index (χ0) is 21.5. The predicted octanol–water partition coefficient (Wildman–Crippen LogP) is 2.72. The van der Waals surface area contributed by atoms with Crippen LogP contribution in [0.25, 0.3) is 10.8 Å². The first-order chi connectivity index (χ1) is 14.5. The lowest BCUT2D eigenvalue weighted by Crippen LogP contribution is -3.17. The van der Waals surface area contributed by atoms with E-state index in [9.17, 15) is 9.59 Å². The summed E-state index contributed by atoms with van der Waals surface area (Å²) in [5.74, 6) is 0.481. The third-order valence-corrected chi connectivity index (χ3v) is 5.27. The molecule has 6 heteroatoms. The third kappa shape index (κ3) is 5.15. The Kier molecular flexibility index (Phi) is 7.03. The first-order valence-electron chi connectivity index (χ1n) is 10.1. The molecule has 0 spiro atoms. The van der Waals surface area contributed by atoms with E-state index in [1.54, 1.807) is 31.4 Å². The Hall–Kier alpha value is -3.38. The number of rotatable bonds is 8. The van der Waals surface area contributed by atoms with Crippen LogP contribution in [0, 0.1) is 0 Å². The highest BCUT2D eigenvalue weighted by Gasteiger charge is 2.26. The highest BCUT2D eigenvalue weighted by atomic mass is 16.5. The number of likely N-dealkylation sites (N-methyl/N-ethyl adjacent to an activating group) is 1. The molecule has 0 aromatic heterocycles. The van der Waals surface area contributed by atoms with Gasteiger partial charge in [-0.15, -0.1) is 0 Å². The summed E-state index contributed by atoms with van der Waals surface area (Å²) in [6.07, 6.45) is 0. The van der Waals surface area contributed by atoms with Crippen molar-refractivity contribution in [3.8, 4) is 5.75 Å². The van der Waals surface area contributed by atoms with Gasteiger partial charge in [-0.1, -0.05) is 36.4 Å². The number of nitrogens with one attached hydrogen (secondary N) is 3. The summed E-state index contributed by atoms with van der Waals surface area (Å²) < 4.78 is 5.13. The number of quaternary nitrogens is 1. The Morgan fingerprint density at radius 2 is 1.67 bits per heavy atom. The molecular weight excluding hydrogens is 378 g/mol. The van der Waals surface area contributed by atoms with E-state index >= 15 is 0 Å². The van der Waals surface area contributed by atoms with E-state index in [1.165, 1.54) is 0 Å². The van der Waals surface area contributed by atoms with Crippen LogP contribution in [0.5, 0.6) is 5.75 Å². The molecule has 0 saturated heterocycles. The van der Waals surface area contributed by atoms with E-state index in [0.717, 1.165) is 27.1 Å². The topological polar surface area (TPSA) is 71.9 Å². The van der Waals surface area contributed by atoms with E-state index < -0.39 is 0 Å². The van der Waals surface area contributed by atoms with Crippen molar-refractivity contribution in [1.82, 2.24) is 0 Å². The molecule has 2 amide bonds. The van der Waals surface area contributed by atoms with Crippen molar-refractivity contribution < 1.29 is 19.2 Å². The quantitative estimate of drug-likeness (QED) is 0.539. The molecule has 6 nitrogen and oxygen atoms in total. The molecule has 30 heavy (non-hydrogen) atoms. The number of ether oxygens (including phenoxy) is 1. The van der Waals surface area contributed by atoms with E-state index in [0.29, 0.717) is 12.2 Å². The molecule has 2 atom stereocenters. The standard InChI is InChI=1S/C24H27N3O3/c1-4-27(16-23(28)25-19-12-14-20(30-3)15-13-19)17(2)24(29)26-22-11-7-9-18-8-5-6-10-21(18)22/h5-15,17H,4,16H2,1-3H3,(H,25,28)(H,26,29)/p+1/t17-/m0/s1. The largest absolute Gasteiger partial charge is 0.497 e. The number of anilines is 2. The molecule has 0 bridgehead atoms. The molecule has 3 N–H and O–H groups in total. The minimum absolute atomic E-state index is 0.111. The predicted molar refractivity (Wildman–Crippen MR) is 120 cm³/mol. The van der Waals surface area contributed by atoms with E-state index in [4.69, 9.17) is 4.74 Å². The van der Waals surface area contributed by atoms with E-state index in [-0.39, 0.29) is 24.4 Å². The van der Waals surface area contributed by atoms with Crippen molar-refractivity contribution in [3.05, 3.63) is 66.7 Å². The minimum atomic E-state index is -0.379. The van der Waals surface area contributed by atoms with Crippen LogP contribution < -0.4 is 20.3 Å². The minimum Gasteiger partial charge on any atom is -0.497 e. The average Bonchev–Trinajstić information content (AvgIpc) is 2.77. The van der Waals surface area contributed by atoms with Gasteiger partial charge in [-0.05, 0) is 49.6 Å². The van der Waals surface area contributed by atoms with Gasteiger partial charge >= 0.3 is 0 Å².